The highest BCUT2D eigenvalue weighted by atomic mass is 32.1. The van der Waals surface area contributed by atoms with E-state index in [1.54, 1.807) is 0 Å². The minimum atomic E-state index is 0.556. The third-order valence-electron chi connectivity index (χ3n) is 5.08. The second-order valence-corrected chi connectivity index (χ2v) is 8.03. The average Bonchev–Trinajstić information content (AvgIpc) is 3.17. The first-order valence-electron chi connectivity index (χ1n) is 8.90. The largest absolute Gasteiger partial charge is 0.382 e. The number of unbranched alkanes of at least 4 members (excludes halogenated alkanes) is 1. The predicted octanol–water partition coefficient (Wildman–Crippen LogP) is 3.84. The number of thiophene rings is 1. The first-order chi connectivity index (χ1) is 11.7. The second-order valence-electron chi connectivity index (χ2n) is 6.95. The highest BCUT2D eigenvalue weighted by Gasteiger charge is 2.22. The molecule has 0 atom stereocenters. The van der Waals surface area contributed by atoms with Crippen LogP contribution in [-0.4, -0.2) is 39.8 Å². The minimum absolute atomic E-state index is 0.556. The quantitative estimate of drug-likeness (QED) is 0.782. The van der Waals surface area contributed by atoms with Crippen LogP contribution in [-0.2, 0) is 6.54 Å². The zero-order valence-electron chi connectivity index (χ0n) is 14.5. The Kier molecular flexibility index (Phi) is 4.18. The molecule has 5 nitrogen and oxygen atoms in total. The Morgan fingerprint density at radius 1 is 1.33 bits per heavy atom. The molecular formula is C18H25N5S. The van der Waals surface area contributed by atoms with Gasteiger partial charge in [-0.2, -0.15) is 5.10 Å². The van der Waals surface area contributed by atoms with Gasteiger partial charge in [0.15, 0.2) is 5.82 Å². The van der Waals surface area contributed by atoms with Gasteiger partial charge < -0.3 is 10.6 Å². The molecule has 6 heteroatoms. The molecule has 0 aromatic carbocycles. The van der Waals surface area contributed by atoms with Crippen LogP contribution in [0.2, 0.25) is 0 Å². The first-order valence-corrected chi connectivity index (χ1v) is 9.72. The zero-order chi connectivity index (χ0) is 16.7. The molecule has 4 heterocycles. The van der Waals surface area contributed by atoms with Gasteiger partial charge in [-0.15, -0.1) is 11.3 Å². The number of pyridine rings is 1. The van der Waals surface area contributed by atoms with Crippen LogP contribution in [0, 0.1) is 0 Å². The summed E-state index contributed by atoms with van der Waals surface area (Å²) in [7, 11) is 2.21. The summed E-state index contributed by atoms with van der Waals surface area (Å²) in [6.07, 6.45) is 6.92. The van der Waals surface area contributed by atoms with Crippen LogP contribution in [0.15, 0.2) is 12.3 Å². The molecule has 4 rings (SSSR count). The molecule has 0 aliphatic carbocycles. The van der Waals surface area contributed by atoms with Gasteiger partial charge in [-0.1, -0.05) is 13.3 Å². The summed E-state index contributed by atoms with van der Waals surface area (Å²) in [5, 5.41) is 5.83. The number of nitrogens with two attached hydrogens (primary N) is 1. The number of likely N-dealkylation sites (tertiary alicyclic amines) is 1. The van der Waals surface area contributed by atoms with Gasteiger partial charge in [0.1, 0.15) is 5.52 Å². The summed E-state index contributed by atoms with van der Waals surface area (Å²) in [5.41, 5.74) is 8.07. The van der Waals surface area contributed by atoms with Crippen molar-refractivity contribution in [1.82, 2.24) is 19.7 Å². The van der Waals surface area contributed by atoms with Crippen LogP contribution in [0.5, 0.6) is 0 Å². The van der Waals surface area contributed by atoms with Crippen molar-refractivity contribution in [3.63, 3.8) is 0 Å². The van der Waals surface area contributed by atoms with E-state index in [1.165, 1.54) is 41.9 Å². The van der Waals surface area contributed by atoms with E-state index in [9.17, 15) is 0 Å². The van der Waals surface area contributed by atoms with Gasteiger partial charge in [0.2, 0.25) is 0 Å². The van der Waals surface area contributed by atoms with Crippen molar-refractivity contribution >= 4 is 38.3 Å². The Bertz CT molecular complexity index is 857. The maximum absolute atomic E-state index is 6.18. The molecule has 1 aliphatic rings. The number of hydrogen-bond donors (Lipinski definition) is 1. The Morgan fingerprint density at radius 2 is 2.12 bits per heavy atom. The minimum Gasteiger partial charge on any atom is -0.382 e. The molecule has 0 saturated carbocycles. The lowest BCUT2D eigenvalue weighted by Gasteiger charge is -2.28. The highest BCUT2D eigenvalue weighted by molar-refractivity contribution is 7.20. The molecule has 1 fully saturated rings. The van der Waals surface area contributed by atoms with Gasteiger partial charge in [-0.05, 0) is 51.4 Å². The number of fused-ring (bicyclic) bond motifs is 3. The van der Waals surface area contributed by atoms with Crippen LogP contribution in [0.4, 0.5) is 5.82 Å². The lowest BCUT2D eigenvalue weighted by molar-refractivity contribution is 0.257. The lowest BCUT2D eigenvalue weighted by atomic mass is 9.95. The fourth-order valence-electron chi connectivity index (χ4n) is 3.56. The molecule has 0 amide bonds. The maximum Gasteiger partial charge on any atom is 0.152 e. The third-order valence-corrected chi connectivity index (χ3v) is 6.40. The smallest absolute Gasteiger partial charge is 0.152 e. The number of aryl methyl sites for hydroxylation is 1. The van der Waals surface area contributed by atoms with E-state index in [0.29, 0.717) is 11.7 Å². The fourth-order valence-corrected chi connectivity index (χ4v) is 4.84. The van der Waals surface area contributed by atoms with E-state index in [-0.39, 0.29) is 0 Å². The highest BCUT2D eigenvalue weighted by Crippen LogP contribution is 2.39. The van der Waals surface area contributed by atoms with Gasteiger partial charge in [-0.3, -0.25) is 4.68 Å². The zero-order valence-corrected chi connectivity index (χ0v) is 15.3. The Balaban J connectivity index is 1.75. The standard InChI is InChI=1S/C18H25N5S/c1-3-4-7-23-11-13-16(21-23)18(19)20-14-10-15(24-17(13)14)12-5-8-22(2)9-6-12/h10-12H,3-9H2,1-2H3,(H2,19,20). The second kappa shape index (κ2) is 6.33. The van der Waals surface area contributed by atoms with Crippen LogP contribution < -0.4 is 5.73 Å². The summed E-state index contributed by atoms with van der Waals surface area (Å²) < 4.78 is 3.27. The van der Waals surface area contributed by atoms with Crippen molar-refractivity contribution in [2.75, 3.05) is 25.9 Å². The molecule has 1 aliphatic heterocycles. The predicted molar refractivity (Wildman–Crippen MR) is 102 cm³/mol. The van der Waals surface area contributed by atoms with Gasteiger partial charge in [-0.25, -0.2) is 4.98 Å². The van der Waals surface area contributed by atoms with E-state index < -0.39 is 0 Å². The fraction of sp³-hybridized carbons (Fsp3) is 0.556. The van der Waals surface area contributed by atoms with Crippen molar-refractivity contribution in [2.45, 2.75) is 45.1 Å². The molecule has 3 aromatic heterocycles. The number of rotatable bonds is 4. The topological polar surface area (TPSA) is 60.0 Å². The molecule has 24 heavy (non-hydrogen) atoms. The van der Waals surface area contributed by atoms with Crippen molar-refractivity contribution in [3.05, 3.63) is 17.1 Å². The van der Waals surface area contributed by atoms with Crippen LogP contribution >= 0.6 is 11.3 Å². The van der Waals surface area contributed by atoms with E-state index in [4.69, 9.17) is 5.73 Å². The molecule has 128 valence electrons. The monoisotopic (exact) mass is 343 g/mol. The number of piperidine rings is 1. The van der Waals surface area contributed by atoms with E-state index in [0.717, 1.165) is 29.4 Å². The normalized spacial score (nSPS) is 17.2. The number of anilines is 1. The van der Waals surface area contributed by atoms with E-state index in [2.05, 4.69) is 41.2 Å². The van der Waals surface area contributed by atoms with Crippen LogP contribution in [0.25, 0.3) is 21.1 Å². The Labute approximate surface area is 146 Å². The Hall–Kier alpha value is -1.66. The molecule has 2 N–H and O–H groups in total. The first kappa shape index (κ1) is 15.8. The van der Waals surface area contributed by atoms with Crippen molar-refractivity contribution < 1.29 is 0 Å². The summed E-state index contributed by atoms with van der Waals surface area (Å²) in [6.45, 7) is 5.50. The van der Waals surface area contributed by atoms with Crippen molar-refractivity contribution in [1.29, 1.82) is 0 Å². The number of aromatic nitrogens is 3. The summed E-state index contributed by atoms with van der Waals surface area (Å²) in [4.78, 5) is 8.50. The third kappa shape index (κ3) is 2.78. The summed E-state index contributed by atoms with van der Waals surface area (Å²) in [5.74, 6) is 1.22. The van der Waals surface area contributed by atoms with Crippen molar-refractivity contribution in [2.24, 2.45) is 0 Å². The summed E-state index contributed by atoms with van der Waals surface area (Å²) in [6, 6.07) is 2.26. The van der Waals surface area contributed by atoms with Crippen LogP contribution in [0.3, 0.4) is 0 Å². The van der Waals surface area contributed by atoms with Gasteiger partial charge in [0, 0.05) is 23.0 Å². The summed E-state index contributed by atoms with van der Waals surface area (Å²) >= 11 is 1.89. The molecule has 0 bridgehead atoms. The Morgan fingerprint density at radius 3 is 2.88 bits per heavy atom. The lowest BCUT2D eigenvalue weighted by Crippen LogP contribution is -2.28. The molecule has 0 radical (unpaired) electrons. The van der Waals surface area contributed by atoms with Gasteiger partial charge >= 0.3 is 0 Å². The molecule has 0 spiro atoms. The molecule has 1 saturated heterocycles. The SMILES string of the molecule is CCCCn1cc2c(n1)c(N)nc1cc(C3CCN(C)CC3)sc12. The van der Waals surface area contributed by atoms with Gasteiger partial charge in [0.25, 0.3) is 0 Å². The maximum atomic E-state index is 6.18. The number of nitrogen functional groups attached to an aromatic ring is 1. The number of nitrogens with zero attached hydrogens (tertiary/aromatic N) is 4. The van der Waals surface area contributed by atoms with Crippen molar-refractivity contribution in [3.8, 4) is 0 Å². The molecular weight excluding hydrogens is 318 g/mol. The van der Waals surface area contributed by atoms with Gasteiger partial charge in [0.05, 0.1) is 10.2 Å². The van der Waals surface area contributed by atoms with E-state index >= 15 is 0 Å². The average molecular weight is 344 g/mol. The number of hydrogen-bond acceptors (Lipinski definition) is 5. The van der Waals surface area contributed by atoms with Crippen LogP contribution in [0.1, 0.15) is 43.4 Å². The molecule has 0 unspecified atom stereocenters. The van der Waals surface area contributed by atoms with E-state index in [1.807, 2.05) is 16.0 Å². The molecule has 3 aromatic rings.